The van der Waals surface area contributed by atoms with Gasteiger partial charge in [0.15, 0.2) is 0 Å². The van der Waals surface area contributed by atoms with E-state index in [9.17, 15) is 0 Å². The van der Waals surface area contributed by atoms with Gasteiger partial charge in [-0.1, -0.05) is 42.5 Å². The molecule has 3 rings (SSSR count). The number of rotatable bonds is 3. The molecule has 19 heavy (non-hydrogen) atoms. The Morgan fingerprint density at radius 2 is 1.84 bits per heavy atom. The molecule has 94 valence electrons. The second-order valence-electron chi connectivity index (χ2n) is 4.19. The second kappa shape index (κ2) is 4.98. The molecule has 0 atom stereocenters. The first-order valence-corrected chi connectivity index (χ1v) is 6.12. The number of nitrogens with one attached hydrogen (secondary N) is 1. The third-order valence-electron chi connectivity index (χ3n) is 3.07. The van der Waals surface area contributed by atoms with E-state index >= 15 is 0 Å². The van der Waals surface area contributed by atoms with Crippen LogP contribution in [0.4, 0.5) is 0 Å². The topological polar surface area (TPSA) is 37.9 Å². The van der Waals surface area contributed by atoms with Crippen LogP contribution in [0.25, 0.3) is 22.5 Å². The van der Waals surface area contributed by atoms with Crippen LogP contribution in [0, 0.1) is 0 Å². The number of imidazole rings is 1. The summed E-state index contributed by atoms with van der Waals surface area (Å²) in [4.78, 5) is 7.49. The summed E-state index contributed by atoms with van der Waals surface area (Å²) in [6.07, 6.45) is 3.56. The lowest BCUT2D eigenvalue weighted by atomic mass is 9.98. The first-order valence-electron chi connectivity index (χ1n) is 6.12. The fourth-order valence-corrected chi connectivity index (χ4v) is 2.21. The average molecular weight is 250 g/mol. The smallest absolute Gasteiger partial charge is 0.141 e. The molecule has 0 spiro atoms. The average Bonchev–Trinajstić information content (AvgIpc) is 3.01. The number of hydrogen-bond acceptors (Lipinski definition) is 2. The molecule has 0 aliphatic rings. The van der Waals surface area contributed by atoms with Crippen molar-refractivity contribution in [2.45, 2.75) is 0 Å². The van der Waals surface area contributed by atoms with E-state index in [1.807, 2.05) is 36.5 Å². The van der Waals surface area contributed by atoms with E-state index in [1.54, 1.807) is 13.3 Å². The molecule has 0 unspecified atom stereocenters. The van der Waals surface area contributed by atoms with Gasteiger partial charge in [-0.05, 0) is 17.2 Å². The van der Waals surface area contributed by atoms with E-state index in [0.29, 0.717) is 0 Å². The zero-order valence-corrected chi connectivity index (χ0v) is 10.6. The van der Waals surface area contributed by atoms with Gasteiger partial charge in [0.25, 0.3) is 0 Å². The highest BCUT2D eigenvalue weighted by molar-refractivity contribution is 5.84. The van der Waals surface area contributed by atoms with E-state index in [2.05, 4.69) is 28.2 Å². The van der Waals surface area contributed by atoms with Crippen molar-refractivity contribution in [3.8, 4) is 28.3 Å². The first-order chi connectivity index (χ1) is 9.40. The standard InChI is InChI=1S/C16H14N2O/c1-19-14-9-5-8-13(12-6-3-2-4-7-12)15(14)16-17-10-11-18-16/h2-11H,1H3,(H,17,18). The highest BCUT2D eigenvalue weighted by Crippen LogP contribution is 2.37. The Balaban J connectivity index is 2.25. The molecule has 1 aromatic heterocycles. The summed E-state index contributed by atoms with van der Waals surface area (Å²) in [5.74, 6) is 1.63. The minimum atomic E-state index is 0.816. The highest BCUT2D eigenvalue weighted by atomic mass is 16.5. The van der Waals surface area contributed by atoms with Gasteiger partial charge in [-0.15, -0.1) is 0 Å². The number of ether oxygens (including phenoxy) is 1. The lowest BCUT2D eigenvalue weighted by Crippen LogP contribution is -1.92. The van der Waals surface area contributed by atoms with Gasteiger partial charge in [-0.25, -0.2) is 4.98 Å². The summed E-state index contributed by atoms with van der Waals surface area (Å²) in [6.45, 7) is 0. The Labute approximate surface area is 111 Å². The number of methoxy groups -OCH3 is 1. The number of hydrogen-bond donors (Lipinski definition) is 1. The summed E-state index contributed by atoms with van der Waals surface area (Å²) in [7, 11) is 1.68. The quantitative estimate of drug-likeness (QED) is 0.768. The molecule has 0 aliphatic heterocycles. The van der Waals surface area contributed by atoms with Gasteiger partial charge < -0.3 is 9.72 Å². The molecule has 3 nitrogen and oxygen atoms in total. The van der Waals surface area contributed by atoms with Crippen LogP contribution < -0.4 is 4.74 Å². The van der Waals surface area contributed by atoms with Crippen LogP contribution in [0.3, 0.4) is 0 Å². The van der Waals surface area contributed by atoms with E-state index in [-0.39, 0.29) is 0 Å². The largest absolute Gasteiger partial charge is 0.496 e. The zero-order valence-electron chi connectivity index (χ0n) is 10.6. The molecule has 2 aromatic carbocycles. The molecule has 3 aromatic rings. The van der Waals surface area contributed by atoms with Gasteiger partial charge in [0, 0.05) is 12.4 Å². The Bertz CT molecular complexity index is 660. The van der Waals surface area contributed by atoms with E-state index < -0.39 is 0 Å². The van der Waals surface area contributed by atoms with Crippen LogP contribution in [0.2, 0.25) is 0 Å². The molecule has 0 saturated carbocycles. The van der Waals surface area contributed by atoms with Gasteiger partial charge in [0.1, 0.15) is 11.6 Å². The van der Waals surface area contributed by atoms with E-state index in [0.717, 1.165) is 28.3 Å². The van der Waals surface area contributed by atoms with Crippen LogP contribution in [-0.4, -0.2) is 17.1 Å². The second-order valence-corrected chi connectivity index (χ2v) is 4.19. The maximum Gasteiger partial charge on any atom is 0.141 e. The number of aromatic nitrogens is 2. The molecule has 1 heterocycles. The van der Waals surface area contributed by atoms with Crippen LogP contribution in [0.1, 0.15) is 0 Å². The van der Waals surface area contributed by atoms with Crippen molar-refractivity contribution in [2.75, 3.05) is 7.11 Å². The van der Waals surface area contributed by atoms with E-state index in [4.69, 9.17) is 4.74 Å². The Hall–Kier alpha value is -2.55. The molecule has 0 radical (unpaired) electrons. The molecule has 0 bridgehead atoms. The Morgan fingerprint density at radius 3 is 2.53 bits per heavy atom. The van der Waals surface area contributed by atoms with Gasteiger partial charge in [0.05, 0.1) is 12.7 Å². The van der Waals surface area contributed by atoms with Crippen LogP contribution in [0.15, 0.2) is 60.9 Å². The molecule has 0 aliphatic carbocycles. The Morgan fingerprint density at radius 1 is 1.00 bits per heavy atom. The van der Waals surface area contributed by atoms with Crippen molar-refractivity contribution < 1.29 is 4.74 Å². The van der Waals surface area contributed by atoms with Gasteiger partial charge in [-0.2, -0.15) is 0 Å². The fourth-order valence-electron chi connectivity index (χ4n) is 2.21. The van der Waals surface area contributed by atoms with Crippen molar-refractivity contribution in [2.24, 2.45) is 0 Å². The van der Waals surface area contributed by atoms with Crippen molar-refractivity contribution >= 4 is 0 Å². The molecular formula is C16H14N2O. The summed E-state index contributed by atoms with van der Waals surface area (Å²) in [6, 6.07) is 16.3. The number of nitrogens with zero attached hydrogens (tertiary/aromatic N) is 1. The summed E-state index contributed by atoms with van der Waals surface area (Å²) in [5, 5.41) is 0. The first kappa shape index (κ1) is 11.5. The maximum absolute atomic E-state index is 5.47. The lowest BCUT2D eigenvalue weighted by Gasteiger charge is -2.12. The number of benzene rings is 2. The normalized spacial score (nSPS) is 10.4. The Kier molecular flexibility index (Phi) is 3.02. The van der Waals surface area contributed by atoms with Gasteiger partial charge in [-0.3, -0.25) is 0 Å². The fraction of sp³-hybridized carbons (Fsp3) is 0.0625. The summed E-state index contributed by atoms with van der Waals surface area (Å²) < 4.78 is 5.47. The summed E-state index contributed by atoms with van der Waals surface area (Å²) in [5.41, 5.74) is 3.24. The number of H-pyrrole nitrogens is 1. The van der Waals surface area contributed by atoms with Crippen LogP contribution in [-0.2, 0) is 0 Å². The van der Waals surface area contributed by atoms with Crippen molar-refractivity contribution in [3.63, 3.8) is 0 Å². The third kappa shape index (κ3) is 2.10. The number of aromatic amines is 1. The predicted octanol–water partition coefficient (Wildman–Crippen LogP) is 3.75. The molecular weight excluding hydrogens is 236 g/mol. The van der Waals surface area contributed by atoms with Crippen molar-refractivity contribution in [1.82, 2.24) is 9.97 Å². The highest BCUT2D eigenvalue weighted by Gasteiger charge is 2.14. The lowest BCUT2D eigenvalue weighted by molar-refractivity contribution is 0.416. The van der Waals surface area contributed by atoms with E-state index in [1.165, 1.54) is 0 Å². The zero-order chi connectivity index (χ0) is 13.1. The molecule has 1 N–H and O–H groups in total. The SMILES string of the molecule is COc1cccc(-c2ccccc2)c1-c1ncc[nH]1. The predicted molar refractivity (Wildman–Crippen MR) is 76.0 cm³/mol. The third-order valence-corrected chi connectivity index (χ3v) is 3.07. The minimum absolute atomic E-state index is 0.816. The maximum atomic E-state index is 5.47. The minimum Gasteiger partial charge on any atom is -0.496 e. The van der Waals surface area contributed by atoms with Crippen molar-refractivity contribution in [3.05, 3.63) is 60.9 Å². The molecule has 3 heteroatoms. The van der Waals surface area contributed by atoms with Gasteiger partial charge >= 0.3 is 0 Å². The molecule has 0 fully saturated rings. The molecule has 0 saturated heterocycles. The molecule has 0 amide bonds. The monoisotopic (exact) mass is 250 g/mol. The summed E-state index contributed by atoms with van der Waals surface area (Å²) >= 11 is 0. The van der Waals surface area contributed by atoms with Gasteiger partial charge in [0.2, 0.25) is 0 Å². The van der Waals surface area contributed by atoms with Crippen LogP contribution in [0.5, 0.6) is 5.75 Å². The van der Waals surface area contributed by atoms with Crippen LogP contribution >= 0.6 is 0 Å². The van der Waals surface area contributed by atoms with Crippen molar-refractivity contribution in [1.29, 1.82) is 0 Å².